The van der Waals surface area contributed by atoms with Gasteiger partial charge in [-0.05, 0) is 38.5 Å². The largest absolute Gasteiger partial charge is 0.388 e. The van der Waals surface area contributed by atoms with Crippen LogP contribution in [-0.4, -0.2) is 19.6 Å². The second-order valence-electron chi connectivity index (χ2n) is 4.53. The van der Waals surface area contributed by atoms with Gasteiger partial charge in [-0.15, -0.1) is 0 Å². The van der Waals surface area contributed by atoms with Crippen LogP contribution in [0.4, 0.5) is 0 Å². The van der Waals surface area contributed by atoms with E-state index in [2.05, 4.69) is 16.9 Å². The molecule has 0 spiro atoms. The highest BCUT2D eigenvalue weighted by Gasteiger charge is 2.13. The molecule has 0 aliphatic heterocycles. The van der Waals surface area contributed by atoms with E-state index in [1.807, 2.05) is 36.7 Å². The summed E-state index contributed by atoms with van der Waals surface area (Å²) < 4.78 is 2.05. The lowest BCUT2D eigenvalue weighted by Crippen LogP contribution is -2.09. The van der Waals surface area contributed by atoms with Crippen molar-refractivity contribution in [3.63, 3.8) is 0 Å². The van der Waals surface area contributed by atoms with E-state index in [1.165, 1.54) is 0 Å². The Balaban J connectivity index is 2.19. The Morgan fingerprint density at radius 3 is 2.56 bits per heavy atom. The standard InChI is InChI=1S/C14H19N3O/c1-4-17-6-5-15-14(17)9-13(18)12-7-10(2)16-11(3)8-12/h5-8,13,18H,4,9H2,1-3H3. The molecule has 2 heterocycles. The first-order valence-electron chi connectivity index (χ1n) is 6.23. The number of rotatable bonds is 4. The third-order valence-corrected chi connectivity index (χ3v) is 3.01. The number of imidazole rings is 1. The van der Waals surface area contributed by atoms with Crippen LogP contribution in [0.1, 0.15) is 35.8 Å². The van der Waals surface area contributed by atoms with E-state index in [0.29, 0.717) is 6.42 Å². The maximum Gasteiger partial charge on any atom is 0.111 e. The van der Waals surface area contributed by atoms with Gasteiger partial charge in [-0.1, -0.05) is 0 Å². The predicted octanol–water partition coefficient (Wildman–Crippen LogP) is 2.19. The Morgan fingerprint density at radius 2 is 1.94 bits per heavy atom. The second kappa shape index (κ2) is 5.31. The molecule has 2 rings (SSSR count). The van der Waals surface area contributed by atoms with Crippen LogP contribution in [0.3, 0.4) is 0 Å². The van der Waals surface area contributed by atoms with Crippen LogP contribution >= 0.6 is 0 Å². The first kappa shape index (κ1) is 12.8. The van der Waals surface area contributed by atoms with E-state index >= 15 is 0 Å². The van der Waals surface area contributed by atoms with Gasteiger partial charge in [0.2, 0.25) is 0 Å². The Morgan fingerprint density at radius 1 is 1.28 bits per heavy atom. The second-order valence-corrected chi connectivity index (χ2v) is 4.53. The average molecular weight is 245 g/mol. The van der Waals surface area contributed by atoms with Crippen molar-refractivity contribution in [2.75, 3.05) is 0 Å². The van der Waals surface area contributed by atoms with Crippen molar-refractivity contribution in [3.8, 4) is 0 Å². The third kappa shape index (κ3) is 2.76. The lowest BCUT2D eigenvalue weighted by atomic mass is 10.1. The van der Waals surface area contributed by atoms with Crippen molar-refractivity contribution in [3.05, 3.63) is 47.3 Å². The monoisotopic (exact) mass is 245 g/mol. The van der Waals surface area contributed by atoms with Crippen molar-refractivity contribution in [2.24, 2.45) is 0 Å². The summed E-state index contributed by atoms with van der Waals surface area (Å²) in [5.41, 5.74) is 2.77. The van der Waals surface area contributed by atoms with Crippen LogP contribution in [0.25, 0.3) is 0 Å². The van der Waals surface area contributed by atoms with Crippen LogP contribution < -0.4 is 0 Å². The minimum Gasteiger partial charge on any atom is -0.388 e. The summed E-state index contributed by atoms with van der Waals surface area (Å²) in [5, 5.41) is 10.3. The zero-order chi connectivity index (χ0) is 13.1. The summed E-state index contributed by atoms with van der Waals surface area (Å²) in [6.45, 7) is 6.82. The fraction of sp³-hybridized carbons (Fsp3) is 0.429. The maximum atomic E-state index is 10.3. The van der Waals surface area contributed by atoms with Gasteiger partial charge in [0.05, 0.1) is 6.10 Å². The van der Waals surface area contributed by atoms with Gasteiger partial charge in [0.25, 0.3) is 0 Å². The average Bonchev–Trinajstić information content (AvgIpc) is 2.75. The summed E-state index contributed by atoms with van der Waals surface area (Å²) in [7, 11) is 0. The molecule has 0 radical (unpaired) electrons. The molecule has 0 bridgehead atoms. The predicted molar refractivity (Wildman–Crippen MR) is 70.3 cm³/mol. The first-order valence-corrected chi connectivity index (χ1v) is 6.23. The highest BCUT2D eigenvalue weighted by Crippen LogP contribution is 2.19. The van der Waals surface area contributed by atoms with Gasteiger partial charge in [-0.25, -0.2) is 4.98 Å². The zero-order valence-electron chi connectivity index (χ0n) is 11.1. The fourth-order valence-electron chi connectivity index (χ4n) is 2.17. The van der Waals surface area contributed by atoms with E-state index in [1.54, 1.807) is 6.20 Å². The highest BCUT2D eigenvalue weighted by atomic mass is 16.3. The Bertz CT molecular complexity index is 513. The Labute approximate surface area is 107 Å². The number of aliphatic hydroxyl groups excluding tert-OH is 1. The van der Waals surface area contributed by atoms with Crippen LogP contribution in [0.15, 0.2) is 24.5 Å². The molecule has 0 aromatic carbocycles. The number of hydrogen-bond donors (Lipinski definition) is 1. The molecule has 2 aromatic heterocycles. The molecule has 0 saturated carbocycles. The van der Waals surface area contributed by atoms with E-state index in [0.717, 1.165) is 29.3 Å². The molecule has 0 fully saturated rings. The number of aromatic nitrogens is 3. The van der Waals surface area contributed by atoms with Crippen LogP contribution in [0, 0.1) is 13.8 Å². The molecule has 1 unspecified atom stereocenters. The van der Waals surface area contributed by atoms with Gasteiger partial charge < -0.3 is 9.67 Å². The number of nitrogens with zero attached hydrogens (tertiary/aromatic N) is 3. The van der Waals surface area contributed by atoms with Gasteiger partial charge in [0, 0.05) is 36.7 Å². The van der Waals surface area contributed by atoms with Gasteiger partial charge >= 0.3 is 0 Å². The molecule has 4 nitrogen and oxygen atoms in total. The molecule has 0 aliphatic rings. The quantitative estimate of drug-likeness (QED) is 0.898. The molecule has 0 aliphatic carbocycles. The summed E-state index contributed by atoms with van der Waals surface area (Å²) in [5.74, 6) is 0.914. The van der Waals surface area contributed by atoms with E-state index in [4.69, 9.17) is 0 Å². The van der Waals surface area contributed by atoms with Crippen LogP contribution in [0.5, 0.6) is 0 Å². The lowest BCUT2D eigenvalue weighted by molar-refractivity contribution is 0.174. The molecular formula is C14H19N3O. The number of pyridine rings is 1. The summed E-state index contributed by atoms with van der Waals surface area (Å²) in [4.78, 5) is 8.60. The van der Waals surface area contributed by atoms with Gasteiger partial charge in [-0.3, -0.25) is 4.98 Å². The normalized spacial score (nSPS) is 12.7. The third-order valence-electron chi connectivity index (χ3n) is 3.01. The molecular weight excluding hydrogens is 226 g/mol. The van der Waals surface area contributed by atoms with Crippen LogP contribution in [0.2, 0.25) is 0 Å². The number of aliphatic hydroxyl groups is 1. The molecule has 96 valence electrons. The first-order chi connectivity index (χ1) is 8.60. The maximum absolute atomic E-state index is 10.3. The van der Waals surface area contributed by atoms with Crippen molar-refractivity contribution in [1.82, 2.24) is 14.5 Å². The SMILES string of the molecule is CCn1ccnc1CC(O)c1cc(C)nc(C)c1. The van der Waals surface area contributed by atoms with E-state index in [9.17, 15) is 5.11 Å². The zero-order valence-corrected chi connectivity index (χ0v) is 11.1. The molecule has 18 heavy (non-hydrogen) atoms. The minimum absolute atomic E-state index is 0.530. The molecule has 1 atom stereocenters. The smallest absolute Gasteiger partial charge is 0.111 e. The molecule has 1 N–H and O–H groups in total. The lowest BCUT2D eigenvalue weighted by Gasteiger charge is -2.13. The van der Waals surface area contributed by atoms with Crippen molar-refractivity contribution in [2.45, 2.75) is 39.8 Å². The summed E-state index contributed by atoms with van der Waals surface area (Å²) in [6.07, 6.45) is 3.71. The van der Waals surface area contributed by atoms with E-state index in [-0.39, 0.29) is 0 Å². The minimum atomic E-state index is -0.530. The summed E-state index contributed by atoms with van der Waals surface area (Å²) in [6, 6.07) is 3.85. The van der Waals surface area contributed by atoms with Gasteiger partial charge in [0.15, 0.2) is 0 Å². The number of hydrogen-bond acceptors (Lipinski definition) is 3. The molecule has 2 aromatic rings. The topological polar surface area (TPSA) is 50.9 Å². The molecule has 0 amide bonds. The van der Waals surface area contributed by atoms with E-state index < -0.39 is 6.10 Å². The van der Waals surface area contributed by atoms with Crippen LogP contribution in [-0.2, 0) is 13.0 Å². The molecule has 0 saturated heterocycles. The highest BCUT2D eigenvalue weighted by molar-refractivity contribution is 5.23. The summed E-state index contributed by atoms with van der Waals surface area (Å²) >= 11 is 0. The van der Waals surface area contributed by atoms with Gasteiger partial charge in [0.1, 0.15) is 5.82 Å². The number of aryl methyl sites for hydroxylation is 3. The Kier molecular flexibility index (Phi) is 3.77. The Hall–Kier alpha value is -1.68. The van der Waals surface area contributed by atoms with Crippen molar-refractivity contribution < 1.29 is 5.11 Å². The van der Waals surface area contributed by atoms with Crippen molar-refractivity contribution >= 4 is 0 Å². The molecule has 4 heteroatoms. The van der Waals surface area contributed by atoms with Crippen molar-refractivity contribution in [1.29, 1.82) is 0 Å². The van der Waals surface area contributed by atoms with Gasteiger partial charge in [-0.2, -0.15) is 0 Å². The fourth-order valence-corrected chi connectivity index (χ4v) is 2.17.